The maximum Gasteiger partial charge on any atom is 0.232 e. The van der Waals surface area contributed by atoms with Gasteiger partial charge >= 0.3 is 0 Å². The average Bonchev–Trinajstić information content (AvgIpc) is 3.23. The topological polar surface area (TPSA) is 59.2 Å². The average molecular weight is 354 g/mol. The van der Waals surface area contributed by atoms with Crippen LogP contribution in [-0.4, -0.2) is 22.6 Å². The van der Waals surface area contributed by atoms with Gasteiger partial charge in [-0.25, -0.2) is 0 Å². The van der Waals surface area contributed by atoms with Gasteiger partial charge in [0.05, 0.1) is 5.92 Å². The fraction of sp³-hybridized carbons (Fsp3) is 0.211. The maximum absolute atomic E-state index is 12.4. The molecule has 1 atom stereocenters. The number of hydrogen-bond acceptors (Lipinski definition) is 4. The summed E-state index contributed by atoms with van der Waals surface area (Å²) in [5.41, 5.74) is 2.85. The van der Waals surface area contributed by atoms with E-state index in [2.05, 4.69) is 10.1 Å². The van der Waals surface area contributed by atoms with Crippen LogP contribution in [-0.2, 0) is 4.79 Å². The number of aromatic nitrogens is 2. The molecular weight excluding hydrogens is 338 g/mol. The lowest BCUT2D eigenvalue weighted by Crippen LogP contribution is -2.24. The summed E-state index contributed by atoms with van der Waals surface area (Å²) < 4.78 is 5.41. The summed E-state index contributed by atoms with van der Waals surface area (Å²) in [5.74, 6) is 0.933. The number of carbonyl (C=O) groups excluding carboxylic acids is 1. The lowest BCUT2D eigenvalue weighted by atomic mass is 10.1. The van der Waals surface area contributed by atoms with Gasteiger partial charge in [0.1, 0.15) is 0 Å². The number of anilines is 1. The van der Waals surface area contributed by atoms with E-state index in [1.54, 1.807) is 17.0 Å². The number of amides is 1. The van der Waals surface area contributed by atoms with Crippen LogP contribution < -0.4 is 4.90 Å². The number of hydrogen-bond donors (Lipinski definition) is 0. The van der Waals surface area contributed by atoms with Crippen LogP contribution >= 0.6 is 11.6 Å². The van der Waals surface area contributed by atoms with E-state index in [9.17, 15) is 4.79 Å². The molecule has 1 fully saturated rings. The third kappa shape index (κ3) is 3.15. The Kier molecular flexibility index (Phi) is 4.01. The first-order valence-corrected chi connectivity index (χ1v) is 8.44. The highest BCUT2D eigenvalue weighted by Crippen LogP contribution is 2.32. The predicted molar refractivity (Wildman–Crippen MR) is 95.6 cm³/mol. The molecular formula is C19H16ClN3O2. The van der Waals surface area contributed by atoms with E-state index < -0.39 is 0 Å². The zero-order chi connectivity index (χ0) is 17.4. The summed E-state index contributed by atoms with van der Waals surface area (Å²) >= 11 is 6.01. The van der Waals surface area contributed by atoms with E-state index in [0.29, 0.717) is 29.7 Å². The highest BCUT2D eigenvalue weighted by Gasteiger charge is 2.35. The normalized spacial score (nSPS) is 17.3. The quantitative estimate of drug-likeness (QED) is 0.707. The van der Waals surface area contributed by atoms with Crippen LogP contribution in [0, 0.1) is 6.92 Å². The zero-order valence-corrected chi connectivity index (χ0v) is 14.4. The van der Waals surface area contributed by atoms with Crippen molar-refractivity contribution >= 4 is 23.2 Å². The van der Waals surface area contributed by atoms with Gasteiger partial charge in [0.2, 0.25) is 17.6 Å². The molecule has 4 rings (SSSR count). The Labute approximate surface area is 150 Å². The Hall–Kier alpha value is -2.66. The molecule has 1 saturated heterocycles. The molecule has 25 heavy (non-hydrogen) atoms. The van der Waals surface area contributed by atoms with Crippen molar-refractivity contribution < 1.29 is 9.32 Å². The van der Waals surface area contributed by atoms with Crippen molar-refractivity contribution in [2.45, 2.75) is 19.3 Å². The van der Waals surface area contributed by atoms with E-state index in [0.717, 1.165) is 16.8 Å². The lowest BCUT2D eigenvalue weighted by Gasteiger charge is -2.16. The van der Waals surface area contributed by atoms with Gasteiger partial charge in [-0.15, -0.1) is 0 Å². The molecule has 0 unspecified atom stereocenters. The number of benzene rings is 2. The molecule has 1 aliphatic rings. The molecule has 2 aromatic carbocycles. The van der Waals surface area contributed by atoms with Crippen molar-refractivity contribution in [1.29, 1.82) is 0 Å². The Morgan fingerprint density at radius 1 is 1.20 bits per heavy atom. The Morgan fingerprint density at radius 2 is 2.00 bits per heavy atom. The van der Waals surface area contributed by atoms with Crippen LogP contribution in [0.3, 0.4) is 0 Å². The van der Waals surface area contributed by atoms with E-state index in [-0.39, 0.29) is 11.8 Å². The summed E-state index contributed by atoms with van der Waals surface area (Å²) in [6, 6.07) is 15.2. The molecule has 126 valence electrons. The van der Waals surface area contributed by atoms with Crippen LogP contribution in [0.25, 0.3) is 11.4 Å². The lowest BCUT2D eigenvalue weighted by molar-refractivity contribution is -0.117. The van der Waals surface area contributed by atoms with Crippen molar-refractivity contribution in [3.63, 3.8) is 0 Å². The minimum atomic E-state index is -0.103. The largest absolute Gasteiger partial charge is 0.339 e. The highest BCUT2D eigenvalue weighted by atomic mass is 35.5. The first kappa shape index (κ1) is 15.8. The number of nitrogens with zero attached hydrogens (tertiary/aromatic N) is 3. The SMILES string of the molecule is Cc1ccc(N2C[C@H](c3nc(-c4cccc(Cl)c4)no3)CC2=O)cc1. The van der Waals surface area contributed by atoms with Crippen LogP contribution in [0.1, 0.15) is 23.8 Å². The van der Waals surface area contributed by atoms with Crippen molar-refractivity contribution in [2.75, 3.05) is 11.4 Å². The van der Waals surface area contributed by atoms with Gasteiger partial charge in [0.25, 0.3) is 0 Å². The molecule has 0 saturated carbocycles. The first-order chi connectivity index (χ1) is 12.1. The Morgan fingerprint density at radius 3 is 2.76 bits per heavy atom. The van der Waals surface area contributed by atoms with Crippen molar-refractivity contribution in [2.24, 2.45) is 0 Å². The third-order valence-corrected chi connectivity index (χ3v) is 4.58. The number of rotatable bonds is 3. The molecule has 1 aliphatic heterocycles. The standard InChI is InChI=1S/C19H16ClN3O2/c1-12-5-7-16(8-6-12)23-11-14(10-17(23)24)19-21-18(22-25-19)13-3-2-4-15(20)9-13/h2-9,14H,10-11H2,1H3/t14-/m1/s1. The number of halogens is 1. The second-order valence-electron chi connectivity index (χ2n) is 6.21. The molecule has 5 nitrogen and oxygen atoms in total. The summed E-state index contributed by atoms with van der Waals surface area (Å²) in [5, 5.41) is 4.65. The van der Waals surface area contributed by atoms with Gasteiger partial charge in [-0.05, 0) is 31.2 Å². The molecule has 1 aromatic heterocycles. The number of aryl methyl sites for hydroxylation is 1. The second-order valence-corrected chi connectivity index (χ2v) is 6.64. The van der Waals surface area contributed by atoms with E-state index >= 15 is 0 Å². The fourth-order valence-electron chi connectivity index (χ4n) is 2.99. The highest BCUT2D eigenvalue weighted by molar-refractivity contribution is 6.30. The monoisotopic (exact) mass is 353 g/mol. The van der Waals surface area contributed by atoms with Crippen LogP contribution in [0.2, 0.25) is 5.02 Å². The van der Waals surface area contributed by atoms with Gasteiger partial charge < -0.3 is 9.42 Å². The third-order valence-electron chi connectivity index (χ3n) is 4.34. The fourth-order valence-corrected chi connectivity index (χ4v) is 3.18. The van der Waals surface area contributed by atoms with Gasteiger partial charge in [-0.2, -0.15) is 4.98 Å². The van der Waals surface area contributed by atoms with Crippen molar-refractivity contribution in [3.05, 3.63) is 65.0 Å². The van der Waals surface area contributed by atoms with Gasteiger partial charge in [0.15, 0.2) is 0 Å². The molecule has 0 bridgehead atoms. The molecule has 3 aromatic rings. The summed E-state index contributed by atoms with van der Waals surface area (Å²) in [6.45, 7) is 2.56. The summed E-state index contributed by atoms with van der Waals surface area (Å²) in [4.78, 5) is 18.6. The Balaban J connectivity index is 1.55. The molecule has 2 heterocycles. The zero-order valence-electron chi connectivity index (χ0n) is 13.6. The van der Waals surface area contributed by atoms with E-state index in [1.807, 2.05) is 43.3 Å². The maximum atomic E-state index is 12.4. The predicted octanol–water partition coefficient (Wildman–Crippen LogP) is 4.22. The minimum absolute atomic E-state index is 0.0661. The first-order valence-electron chi connectivity index (χ1n) is 8.07. The molecule has 0 aliphatic carbocycles. The van der Waals surface area contributed by atoms with Crippen molar-refractivity contribution in [3.8, 4) is 11.4 Å². The van der Waals surface area contributed by atoms with E-state index in [1.165, 1.54) is 0 Å². The molecule has 1 amide bonds. The smallest absolute Gasteiger partial charge is 0.232 e. The van der Waals surface area contributed by atoms with Gasteiger partial charge in [-0.1, -0.05) is 46.6 Å². The minimum Gasteiger partial charge on any atom is -0.339 e. The van der Waals surface area contributed by atoms with E-state index in [4.69, 9.17) is 16.1 Å². The molecule has 6 heteroatoms. The number of carbonyl (C=O) groups is 1. The van der Waals surface area contributed by atoms with Gasteiger partial charge in [0, 0.05) is 29.2 Å². The summed E-state index contributed by atoms with van der Waals surface area (Å²) in [7, 11) is 0. The van der Waals surface area contributed by atoms with Gasteiger partial charge in [-0.3, -0.25) is 4.79 Å². The van der Waals surface area contributed by atoms with Crippen molar-refractivity contribution in [1.82, 2.24) is 10.1 Å². The molecule has 0 spiro atoms. The van der Waals surface area contributed by atoms with Crippen LogP contribution in [0.4, 0.5) is 5.69 Å². The molecule has 0 radical (unpaired) electrons. The Bertz CT molecular complexity index is 920. The molecule has 0 N–H and O–H groups in total. The second kappa shape index (κ2) is 6.33. The summed E-state index contributed by atoms with van der Waals surface area (Å²) in [6.07, 6.45) is 0.366. The van der Waals surface area contributed by atoms with Crippen LogP contribution in [0.5, 0.6) is 0 Å². The van der Waals surface area contributed by atoms with Crippen LogP contribution in [0.15, 0.2) is 53.1 Å².